The lowest BCUT2D eigenvalue weighted by molar-refractivity contribution is 0.577. The number of nitrogens with zero attached hydrogens (tertiary/aromatic N) is 2. The number of hydrogen-bond acceptors (Lipinski definition) is 1. The summed E-state index contributed by atoms with van der Waals surface area (Å²) in [6.07, 6.45) is 0. The first kappa shape index (κ1) is 13.9. The van der Waals surface area contributed by atoms with Gasteiger partial charge in [-0.3, -0.25) is 4.57 Å². The van der Waals surface area contributed by atoms with Gasteiger partial charge in [-0.25, -0.2) is 18.2 Å². The predicted octanol–water partition coefficient (Wildman–Crippen LogP) is 4.74. The lowest BCUT2D eigenvalue weighted by Gasteiger charge is -2.11. The first-order valence-electron chi connectivity index (χ1n) is 6.25. The maximum atomic E-state index is 14.1. The van der Waals surface area contributed by atoms with Crippen molar-refractivity contribution in [3.8, 4) is 5.69 Å². The van der Waals surface area contributed by atoms with E-state index in [0.29, 0.717) is 16.9 Å². The largest absolute Gasteiger partial charge is 0.292 e. The van der Waals surface area contributed by atoms with Crippen molar-refractivity contribution < 1.29 is 13.2 Å². The molecule has 0 saturated heterocycles. The highest BCUT2D eigenvalue weighted by Gasteiger charge is 2.19. The summed E-state index contributed by atoms with van der Waals surface area (Å²) in [5, 5.41) is -0.523. The number of imidazole rings is 1. The third kappa shape index (κ3) is 2.38. The molecule has 0 N–H and O–H groups in total. The van der Waals surface area contributed by atoms with Crippen molar-refractivity contribution in [1.82, 2.24) is 9.55 Å². The van der Waals surface area contributed by atoms with E-state index in [1.165, 1.54) is 28.8 Å². The molecule has 0 spiro atoms. The summed E-state index contributed by atoms with van der Waals surface area (Å²) < 4.78 is 41.9. The van der Waals surface area contributed by atoms with Crippen LogP contribution in [0.1, 0.15) is 18.1 Å². The molecule has 0 fully saturated rings. The first-order valence-corrected chi connectivity index (χ1v) is 6.68. The van der Waals surface area contributed by atoms with Crippen LogP contribution in [-0.4, -0.2) is 9.55 Å². The summed E-state index contributed by atoms with van der Waals surface area (Å²) >= 11 is 6.08. The highest BCUT2D eigenvalue weighted by molar-refractivity contribution is 6.20. The summed E-state index contributed by atoms with van der Waals surface area (Å²) in [5.41, 5.74) is 0.985. The predicted molar refractivity (Wildman–Crippen MR) is 75.2 cm³/mol. The van der Waals surface area contributed by atoms with Crippen molar-refractivity contribution in [2.24, 2.45) is 0 Å². The summed E-state index contributed by atoms with van der Waals surface area (Å²) in [7, 11) is 0. The van der Waals surface area contributed by atoms with Crippen molar-refractivity contribution >= 4 is 22.6 Å². The molecule has 0 amide bonds. The molecule has 0 bridgehead atoms. The van der Waals surface area contributed by atoms with Gasteiger partial charge in [-0.2, -0.15) is 0 Å². The zero-order chi connectivity index (χ0) is 15.1. The van der Waals surface area contributed by atoms with Crippen LogP contribution in [0.5, 0.6) is 0 Å². The molecule has 1 aromatic heterocycles. The molecule has 1 heterocycles. The maximum absolute atomic E-state index is 14.1. The molecule has 0 radical (unpaired) electrons. The number of benzene rings is 2. The third-order valence-corrected chi connectivity index (χ3v) is 3.34. The molecule has 2 aromatic carbocycles. The van der Waals surface area contributed by atoms with Gasteiger partial charge in [0.1, 0.15) is 23.3 Å². The van der Waals surface area contributed by atoms with Gasteiger partial charge in [0.05, 0.1) is 22.1 Å². The molecule has 0 aliphatic carbocycles. The first-order chi connectivity index (χ1) is 9.97. The van der Waals surface area contributed by atoms with Crippen molar-refractivity contribution in [2.45, 2.75) is 12.3 Å². The van der Waals surface area contributed by atoms with Crippen LogP contribution in [0.4, 0.5) is 13.2 Å². The Balaban J connectivity index is 2.36. The monoisotopic (exact) mass is 310 g/mol. The van der Waals surface area contributed by atoms with Gasteiger partial charge >= 0.3 is 0 Å². The SMILES string of the molecule is CC(Cl)c1nc2cc(F)ccc2n1-c1ccc(F)cc1F. The van der Waals surface area contributed by atoms with Crippen molar-refractivity contribution in [2.75, 3.05) is 0 Å². The molecule has 108 valence electrons. The van der Waals surface area contributed by atoms with Gasteiger partial charge in [0.15, 0.2) is 0 Å². The Morgan fingerprint density at radius 1 is 1.05 bits per heavy atom. The molecule has 1 unspecified atom stereocenters. The van der Waals surface area contributed by atoms with E-state index in [4.69, 9.17) is 11.6 Å². The van der Waals surface area contributed by atoms with E-state index < -0.39 is 22.8 Å². The van der Waals surface area contributed by atoms with Gasteiger partial charge in [-0.05, 0) is 31.2 Å². The number of rotatable bonds is 2. The van der Waals surface area contributed by atoms with Crippen LogP contribution in [0.15, 0.2) is 36.4 Å². The van der Waals surface area contributed by atoms with Gasteiger partial charge in [0.25, 0.3) is 0 Å². The molecule has 6 heteroatoms. The van der Waals surface area contributed by atoms with Crippen LogP contribution >= 0.6 is 11.6 Å². The van der Waals surface area contributed by atoms with Crippen LogP contribution < -0.4 is 0 Å². The minimum absolute atomic E-state index is 0.119. The second kappa shape index (κ2) is 5.07. The van der Waals surface area contributed by atoms with Crippen LogP contribution in [-0.2, 0) is 0 Å². The topological polar surface area (TPSA) is 17.8 Å². The Morgan fingerprint density at radius 2 is 1.71 bits per heavy atom. The Bertz CT molecular complexity index is 827. The van der Waals surface area contributed by atoms with E-state index in [1.54, 1.807) is 6.92 Å². The normalized spacial score (nSPS) is 12.8. The minimum atomic E-state index is -0.739. The zero-order valence-electron chi connectivity index (χ0n) is 10.9. The molecule has 1 atom stereocenters. The highest BCUT2D eigenvalue weighted by Crippen LogP contribution is 2.29. The maximum Gasteiger partial charge on any atom is 0.150 e. The summed E-state index contributed by atoms with van der Waals surface area (Å²) in [5.74, 6) is -1.49. The third-order valence-electron chi connectivity index (χ3n) is 3.15. The van der Waals surface area contributed by atoms with E-state index in [1.807, 2.05) is 0 Å². The van der Waals surface area contributed by atoms with Gasteiger partial charge in [0.2, 0.25) is 0 Å². The molecule has 2 nitrogen and oxygen atoms in total. The molecular formula is C15H10ClF3N2. The smallest absolute Gasteiger partial charge is 0.150 e. The summed E-state index contributed by atoms with van der Waals surface area (Å²) in [6.45, 7) is 1.68. The van der Waals surface area contributed by atoms with E-state index in [-0.39, 0.29) is 5.69 Å². The Kier molecular flexibility index (Phi) is 3.37. The van der Waals surface area contributed by atoms with Gasteiger partial charge in [-0.15, -0.1) is 11.6 Å². The minimum Gasteiger partial charge on any atom is -0.292 e. The van der Waals surface area contributed by atoms with Crippen LogP contribution in [0.3, 0.4) is 0 Å². The molecule has 0 aliphatic rings. The number of fused-ring (bicyclic) bond motifs is 1. The summed E-state index contributed by atoms with van der Waals surface area (Å²) in [4.78, 5) is 4.24. The fourth-order valence-electron chi connectivity index (χ4n) is 2.25. The number of aromatic nitrogens is 2. The van der Waals surface area contributed by atoms with Crippen LogP contribution in [0, 0.1) is 17.5 Å². The second-order valence-electron chi connectivity index (χ2n) is 4.65. The van der Waals surface area contributed by atoms with Crippen LogP contribution in [0.2, 0.25) is 0 Å². The standard InChI is InChI=1S/C15H10ClF3N2/c1-8(16)15-20-12-7-10(18)3-5-14(12)21(15)13-4-2-9(17)6-11(13)19/h2-8H,1H3. The molecular weight excluding hydrogens is 301 g/mol. The lowest BCUT2D eigenvalue weighted by Crippen LogP contribution is -2.04. The number of alkyl halides is 1. The van der Waals surface area contributed by atoms with E-state index >= 15 is 0 Å². The van der Waals surface area contributed by atoms with E-state index in [2.05, 4.69) is 4.98 Å². The van der Waals surface area contributed by atoms with Gasteiger partial charge in [0, 0.05) is 12.1 Å². The van der Waals surface area contributed by atoms with Crippen molar-refractivity contribution in [3.63, 3.8) is 0 Å². The quantitative estimate of drug-likeness (QED) is 0.625. The fourth-order valence-corrected chi connectivity index (χ4v) is 2.40. The van der Waals surface area contributed by atoms with Gasteiger partial charge < -0.3 is 0 Å². The zero-order valence-corrected chi connectivity index (χ0v) is 11.7. The number of halogens is 4. The van der Waals surface area contributed by atoms with E-state index in [9.17, 15) is 13.2 Å². The molecule has 21 heavy (non-hydrogen) atoms. The Morgan fingerprint density at radius 3 is 2.38 bits per heavy atom. The highest BCUT2D eigenvalue weighted by atomic mass is 35.5. The van der Waals surface area contributed by atoms with Gasteiger partial charge in [-0.1, -0.05) is 0 Å². The number of hydrogen-bond donors (Lipinski definition) is 0. The van der Waals surface area contributed by atoms with Crippen LogP contribution in [0.25, 0.3) is 16.7 Å². The average molecular weight is 311 g/mol. The Labute approximate surface area is 123 Å². The molecule has 3 aromatic rings. The van der Waals surface area contributed by atoms with Crippen molar-refractivity contribution in [1.29, 1.82) is 0 Å². The van der Waals surface area contributed by atoms with Crippen molar-refractivity contribution in [3.05, 3.63) is 59.7 Å². The molecule has 0 saturated carbocycles. The molecule has 3 rings (SSSR count). The average Bonchev–Trinajstić information content (AvgIpc) is 2.77. The van der Waals surface area contributed by atoms with E-state index in [0.717, 1.165) is 12.1 Å². The fraction of sp³-hybridized carbons (Fsp3) is 0.133. The Hall–Kier alpha value is -2.01. The lowest BCUT2D eigenvalue weighted by atomic mass is 10.2. The second-order valence-corrected chi connectivity index (χ2v) is 5.30. The summed E-state index contributed by atoms with van der Waals surface area (Å²) in [6, 6.07) is 7.23. The molecule has 0 aliphatic heterocycles.